The van der Waals surface area contributed by atoms with E-state index in [1.54, 1.807) is 19.9 Å². The normalized spacial score (nSPS) is 18.9. The standard InChI is InChI=1S/C16H18FN5O3/c1-8(2)25-14-9(7-19-16(18)21-14)13(23)20-11-4-3-5-22(15(11)24)12-6-10(12)17/h3-5,7-8,10,12H,6H2,1-2H3,(H,20,23)(H2,18,19,21)/t10-,12+/m0/s1. The molecule has 1 aliphatic rings. The third-order valence-corrected chi connectivity index (χ3v) is 3.63. The second kappa shape index (κ2) is 6.50. The number of hydrogen-bond acceptors (Lipinski definition) is 6. The molecule has 0 unspecified atom stereocenters. The van der Waals surface area contributed by atoms with Crippen molar-refractivity contribution in [2.45, 2.75) is 38.6 Å². The van der Waals surface area contributed by atoms with E-state index in [1.165, 1.54) is 23.0 Å². The second-order valence-electron chi connectivity index (χ2n) is 6.02. The van der Waals surface area contributed by atoms with Crippen molar-refractivity contribution in [1.82, 2.24) is 14.5 Å². The molecular weight excluding hydrogens is 329 g/mol. The lowest BCUT2D eigenvalue weighted by Crippen LogP contribution is -2.26. The van der Waals surface area contributed by atoms with Gasteiger partial charge in [0, 0.05) is 18.8 Å². The summed E-state index contributed by atoms with van der Waals surface area (Å²) in [4.78, 5) is 32.6. The van der Waals surface area contributed by atoms with Gasteiger partial charge in [-0.3, -0.25) is 9.59 Å². The molecule has 1 saturated carbocycles. The van der Waals surface area contributed by atoms with Crippen molar-refractivity contribution >= 4 is 17.5 Å². The molecule has 1 fully saturated rings. The van der Waals surface area contributed by atoms with Crippen LogP contribution in [0.25, 0.3) is 0 Å². The minimum atomic E-state index is -1.03. The number of hydrogen-bond donors (Lipinski definition) is 2. The molecule has 0 aromatic carbocycles. The van der Waals surface area contributed by atoms with Gasteiger partial charge in [-0.15, -0.1) is 0 Å². The van der Waals surface area contributed by atoms with Crippen LogP contribution in [0.15, 0.2) is 29.3 Å². The Balaban J connectivity index is 1.87. The number of nitrogens with zero attached hydrogens (tertiary/aromatic N) is 3. The van der Waals surface area contributed by atoms with Gasteiger partial charge in [-0.1, -0.05) is 0 Å². The molecule has 0 spiro atoms. The van der Waals surface area contributed by atoms with Crippen LogP contribution in [0.2, 0.25) is 0 Å². The molecule has 8 nitrogen and oxygen atoms in total. The van der Waals surface area contributed by atoms with E-state index < -0.39 is 23.7 Å². The Labute approximate surface area is 142 Å². The number of nitrogen functional groups attached to an aromatic ring is 1. The number of alkyl halides is 1. The number of carbonyl (C=O) groups excluding carboxylic acids is 1. The minimum absolute atomic E-state index is 0.0299. The lowest BCUT2D eigenvalue weighted by atomic mass is 10.3. The molecule has 0 bridgehead atoms. The Hall–Kier alpha value is -2.97. The fourth-order valence-corrected chi connectivity index (χ4v) is 2.34. The second-order valence-corrected chi connectivity index (χ2v) is 6.02. The van der Waals surface area contributed by atoms with Crippen LogP contribution in [-0.2, 0) is 0 Å². The van der Waals surface area contributed by atoms with Gasteiger partial charge in [-0.05, 0) is 26.0 Å². The summed E-state index contributed by atoms with van der Waals surface area (Å²) in [5.41, 5.74) is 5.15. The van der Waals surface area contributed by atoms with Gasteiger partial charge in [0.1, 0.15) is 17.4 Å². The van der Waals surface area contributed by atoms with Gasteiger partial charge in [0.15, 0.2) is 0 Å². The number of halogens is 1. The molecule has 3 rings (SSSR count). The van der Waals surface area contributed by atoms with Gasteiger partial charge < -0.3 is 20.4 Å². The molecule has 1 aliphatic carbocycles. The maximum atomic E-state index is 13.2. The Bertz CT molecular complexity index is 867. The lowest BCUT2D eigenvalue weighted by Gasteiger charge is -2.13. The van der Waals surface area contributed by atoms with E-state index in [0.717, 1.165) is 0 Å². The molecule has 25 heavy (non-hydrogen) atoms. The molecule has 0 aliphatic heterocycles. The Kier molecular flexibility index (Phi) is 4.39. The quantitative estimate of drug-likeness (QED) is 0.848. The Morgan fingerprint density at radius 3 is 2.88 bits per heavy atom. The van der Waals surface area contributed by atoms with Crippen LogP contribution in [0.1, 0.15) is 36.7 Å². The highest BCUT2D eigenvalue weighted by atomic mass is 19.1. The number of rotatable bonds is 5. The summed E-state index contributed by atoms with van der Waals surface area (Å²) in [5.74, 6) is -0.614. The smallest absolute Gasteiger partial charge is 0.274 e. The van der Waals surface area contributed by atoms with Gasteiger partial charge >= 0.3 is 0 Å². The minimum Gasteiger partial charge on any atom is -0.474 e. The molecular formula is C16H18FN5O3. The van der Waals surface area contributed by atoms with Crippen LogP contribution in [-0.4, -0.2) is 32.7 Å². The molecule has 2 aromatic heterocycles. The number of nitrogens with one attached hydrogen (secondary N) is 1. The summed E-state index contributed by atoms with van der Waals surface area (Å²) in [6.45, 7) is 3.55. The highest BCUT2D eigenvalue weighted by molar-refractivity contribution is 6.05. The number of nitrogens with two attached hydrogens (primary N) is 1. The van der Waals surface area contributed by atoms with E-state index in [4.69, 9.17) is 10.5 Å². The number of carbonyl (C=O) groups is 1. The Morgan fingerprint density at radius 1 is 1.52 bits per heavy atom. The van der Waals surface area contributed by atoms with E-state index >= 15 is 0 Å². The van der Waals surface area contributed by atoms with Crippen LogP contribution in [0.5, 0.6) is 5.88 Å². The highest BCUT2D eigenvalue weighted by Crippen LogP contribution is 2.37. The largest absolute Gasteiger partial charge is 0.474 e. The van der Waals surface area contributed by atoms with Crippen molar-refractivity contribution in [3.8, 4) is 5.88 Å². The summed E-state index contributed by atoms with van der Waals surface area (Å²) in [5, 5.41) is 2.50. The van der Waals surface area contributed by atoms with Gasteiger partial charge in [0.25, 0.3) is 11.5 Å². The predicted molar refractivity (Wildman–Crippen MR) is 89.4 cm³/mol. The molecule has 9 heteroatoms. The third kappa shape index (κ3) is 3.59. The van der Waals surface area contributed by atoms with E-state index in [9.17, 15) is 14.0 Å². The number of pyridine rings is 1. The van der Waals surface area contributed by atoms with Crippen molar-refractivity contribution in [2.75, 3.05) is 11.1 Å². The lowest BCUT2D eigenvalue weighted by molar-refractivity contribution is 0.101. The predicted octanol–water partition coefficient (Wildman–Crippen LogP) is 1.54. The fraction of sp³-hybridized carbons (Fsp3) is 0.375. The molecule has 2 aromatic rings. The maximum absolute atomic E-state index is 13.2. The number of anilines is 2. The van der Waals surface area contributed by atoms with Crippen LogP contribution in [0.3, 0.4) is 0 Å². The number of aromatic nitrogens is 3. The van der Waals surface area contributed by atoms with E-state index in [-0.39, 0.29) is 29.2 Å². The van der Waals surface area contributed by atoms with Crippen LogP contribution < -0.4 is 21.3 Å². The van der Waals surface area contributed by atoms with E-state index in [2.05, 4.69) is 15.3 Å². The van der Waals surface area contributed by atoms with Gasteiger partial charge in [0.05, 0.1) is 12.1 Å². The first-order valence-corrected chi connectivity index (χ1v) is 7.82. The monoisotopic (exact) mass is 347 g/mol. The molecule has 3 N–H and O–H groups in total. The highest BCUT2D eigenvalue weighted by Gasteiger charge is 2.39. The van der Waals surface area contributed by atoms with Crippen molar-refractivity contribution in [3.63, 3.8) is 0 Å². The number of amides is 1. The molecule has 0 saturated heterocycles. The summed E-state index contributed by atoms with van der Waals surface area (Å²) < 4.78 is 20.0. The SMILES string of the molecule is CC(C)Oc1nc(N)ncc1C(=O)Nc1cccn([C@@H]2C[C@@H]2F)c1=O. The van der Waals surface area contributed by atoms with Crippen LogP contribution in [0, 0.1) is 0 Å². The van der Waals surface area contributed by atoms with Crippen LogP contribution >= 0.6 is 0 Å². The number of ether oxygens (including phenoxy) is 1. The Morgan fingerprint density at radius 2 is 2.24 bits per heavy atom. The summed E-state index contributed by atoms with van der Waals surface area (Å²) >= 11 is 0. The van der Waals surface area contributed by atoms with Crippen molar-refractivity contribution < 1.29 is 13.9 Å². The molecule has 2 atom stereocenters. The molecule has 132 valence electrons. The van der Waals surface area contributed by atoms with Crippen molar-refractivity contribution in [3.05, 3.63) is 40.4 Å². The van der Waals surface area contributed by atoms with Gasteiger partial charge in [-0.2, -0.15) is 4.98 Å². The van der Waals surface area contributed by atoms with Gasteiger partial charge in [0.2, 0.25) is 11.8 Å². The zero-order chi connectivity index (χ0) is 18.1. The van der Waals surface area contributed by atoms with Gasteiger partial charge in [-0.25, -0.2) is 9.37 Å². The topological polar surface area (TPSA) is 112 Å². The first-order valence-electron chi connectivity index (χ1n) is 7.82. The van der Waals surface area contributed by atoms with Crippen LogP contribution in [0.4, 0.5) is 16.0 Å². The maximum Gasteiger partial charge on any atom is 0.274 e. The zero-order valence-corrected chi connectivity index (χ0v) is 13.8. The third-order valence-electron chi connectivity index (χ3n) is 3.63. The van der Waals surface area contributed by atoms with E-state index in [1.807, 2.05) is 0 Å². The van der Waals surface area contributed by atoms with Crippen molar-refractivity contribution in [1.29, 1.82) is 0 Å². The zero-order valence-electron chi connectivity index (χ0n) is 13.8. The summed E-state index contributed by atoms with van der Waals surface area (Å²) in [6, 6.07) is 2.56. The average molecular weight is 347 g/mol. The average Bonchev–Trinajstić information content (AvgIpc) is 3.25. The summed E-state index contributed by atoms with van der Waals surface area (Å²) in [7, 11) is 0. The first-order chi connectivity index (χ1) is 11.9. The van der Waals surface area contributed by atoms with E-state index in [0.29, 0.717) is 6.42 Å². The fourth-order valence-electron chi connectivity index (χ4n) is 2.34. The summed E-state index contributed by atoms with van der Waals surface area (Å²) in [6.07, 6.45) is 1.78. The van der Waals surface area contributed by atoms with Crippen molar-refractivity contribution in [2.24, 2.45) is 0 Å². The molecule has 2 heterocycles. The first kappa shape index (κ1) is 16.9. The molecule has 1 amide bonds. The molecule has 0 radical (unpaired) electrons.